The van der Waals surface area contributed by atoms with Crippen LogP contribution >= 0.6 is 0 Å². The fraction of sp³-hybridized carbons (Fsp3) is 0.296. The normalized spacial score (nSPS) is 14.4. The summed E-state index contributed by atoms with van der Waals surface area (Å²) in [4.78, 5) is 25.2. The van der Waals surface area contributed by atoms with E-state index in [0.29, 0.717) is 35.7 Å². The molecular formula is C27H29F3N8O. The molecule has 204 valence electrons. The lowest BCUT2D eigenvalue weighted by Gasteiger charge is -2.34. The summed E-state index contributed by atoms with van der Waals surface area (Å²) >= 11 is 0. The van der Waals surface area contributed by atoms with Gasteiger partial charge in [-0.1, -0.05) is 24.8 Å². The van der Waals surface area contributed by atoms with Gasteiger partial charge in [0.15, 0.2) is 5.82 Å². The molecule has 0 spiro atoms. The van der Waals surface area contributed by atoms with Gasteiger partial charge in [-0.15, -0.1) is 0 Å². The third-order valence-electron chi connectivity index (χ3n) is 6.39. The molecule has 1 aliphatic rings. The van der Waals surface area contributed by atoms with Gasteiger partial charge in [0.2, 0.25) is 0 Å². The molecule has 0 unspecified atom stereocenters. The van der Waals surface area contributed by atoms with Gasteiger partial charge in [-0.25, -0.2) is 15.8 Å². The van der Waals surface area contributed by atoms with Crippen LogP contribution in [0.15, 0.2) is 48.8 Å². The Kier molecular flexibility index (Phi) is 8.65. The maximum absolute atomic E-state index is 13.9. The number of nitrogens with one attached hydrogen (secondary N) is 2. The minimum Gasteiger partial charge on any atom is -0.396 e. The number of amides is 1. The fourth-order valence-corrected chi connectivity index (χ4v) is 4.20. The Bertz CT molecular complexity index is 1390. The van der Waals surface area contributed by atoms with Gasteiger partial charge in [0.05, 0.1) is 11.3 Å². The van der Waals surface area contributed by atoms with Crippen LogP contribution in [0.2, 0.25) is 0 Å². The maximum atomic E-state index is 13.9. The van der Waals surface area contributed by atoms with E-state index in [1.165, 1.54) is 30.6 Å². The van der Waals surface area contributed by atoms with Gasteiger partial charge in [0.1, 0.15) is 5.82 Å². The van der Waals surface area contributed by atoms with E-state index in [9.17, 15) is 18.0 Å². The highest BCUT2D eigenvalue weighted by molar-refractivity contribution is 6.04. The van der Waals surface area contributed by atoms with E-state index in [-0.39, 0.29) is 23.5 Å². The SMILES string of the molecule is CCN1CCN(Cc2ccc(C(=O)Nc3cc(C#Cc4cnc(NN)c(N)c4)ccn3)cc2C(F)(F)F)CC1. The quantitative estimate of drug-likeness (QED) is 0.214. The Labute approximate surface area is 224 Å². The standard InChI is InChI=1S/C27H29F3N8O/c1-2-37-9-11-38(12-10-37)17-21-6-5-20(15-22(21)27(28,29)30)26(39)35-24-14-18(7-8-33-24)3-4-19-13-23(31)25(36-32)34-16-19/h5-8,13-16H,2,9-12,17,31-32H2,1H3,(H,34,36)(H,33,35,39). The topological polar surface area (TPSA) is 125 Å². The Hall–Kier alpha value is -4.18. The van der Waals surface area contributed by atoms with Crippen molar-refractivity contribution in [2.45, 2.75) is 19.6 Å². The number of nitrogens with zero attached hydrogens (tertiary/aromatic N) is 4. The van der Waals surface area contributed by atoms with Gasteiger partial charge < -0.3 is 21.4 Å². The lowest BCUT2D eigenvalue weighted by atomic mass is 10.0. The van der Waals surface area contributed by atoms with Crippen LogP contribution in [0.3, 0.4) is 0 Å². The van der Waals surface area contributed by atoms with Crippen molar-refractivity contribution in [3.63, 3.8) is 0 Å². The first-order valence-corrected chi connectivity index (χ1v) is 12.3. The molecule has 2 aromatic heterocycles. The number of anilines is 3. The van der Waals surface area contributed by atoms with E-state index in [1.807, 2.05) is 4.90 Å². The Morgan fingerprint density at radius 2 is 1.74 bits per heavy atom. The van der Waals surface area contributed by atoms with Gasteiger partial charge in [0.25, 0.3) is 5.91 Å². The summed E-state index contributed by atoms with van der Waals surface area (Å²) in [5.74, 6) is 10.9. The number of benzene rings is 1. The molecule has 1 fully saturated rings. The van der Waals surface area contributed by atoms with Crippen LogP contribution in [-0.2, 0) is 12.7 Å². The molecule has 3 heterocycles. The summed E-state index contributed by atoms with van der Waals surface area (Å²) in [5.41, 5.74) is 8.81. The van der Waals surface area contributed by atoms with Crippen molar-refractivity contribution in [1.29, 1.82) is 0 Å². The number of rotatable bonds is 6. The summed E-state index contributed by atoms with van der Waals surface area (Å²) in [7, 11) is 0. The lowest BCUT2D eigenvalue weighted by Crippen LogP contribution is -2.45. The Morgan fingerprint density at radius 1 is 1.03 bits per heavy atom. The highest BCUT2D eigenvalue weighted by atomic mass is 19.4. The van der Waals surface area contributed by atoms with E-state index in [0.717, 1.165) is 25.7 Å². The Morgan fingerprint density at radius 3 is 2.41 bits per heavy atom. The molecule has 0 atom stereocenters. The average molecular weight is 539 g/mol. The fourth-order valence-electron chi connectivity index (χ4n) is 4.20. The van der Waals surface area contributed by atoms with E-state index < -0.39 is 17.6 Å². The number of aromatic nitrogens is 2. The van der Waals surface area contributed by atoms with Gasteiger partial charge >= 0.3 is 6.18 Å². The molecule has 12 heteroatoms. The summed E-state index contributed by atoms with van der Waals surface area (Å²) in [6.45, 7) is 6.18. The van der Waals surface area contributed by atoms with Gasteiger partial charge in [-0.05, 0) is 42.4 Å². The number of likely N-dealkylation sites (N-methyl/N-ethyl adjacent to an activating group) is 1. The van der Waals surface area contributed by atoms with Crippen LogP contribution in [-0.4, -0.2) is 58.4 Å². The Balaban J connectivity index is 1.48. The molecule has 0 radical (unpaired) electrons. The van der Waals surface area contributed by atoms with Crippen molar-refractivity contribution >= 4 is 23.2 Å². The average Bonchev–Trinajstić information content (AvgIpc) is 2.92. The van der Waals surface area contributed by atoms with Crippen molar-refractivity contribution in [3.05, 3.63) is 76.6 Å². The molecule has 1 aliphatic heterocycles. The van der Waals surface area contributed by atoms with Crippen LogP contribution < -0.4 is 22.3 Å². The molecule has 1 amide bonds. The summed E-state index contributed by atoms with van der Waals surface area (Å²) in [5, 5.41) is 2.56. The summed E-state index contributed by atoms with van der Waals surface area (Å²) in [6, 6.07) is 8.44. The number of hydrogen-bond donors (Lipinski definition) is 4. The minimum atomic E-state index is -4.60. The number of pyridine rings is 2. The van der Waals surface area contributed by atoms with Gasteiger partial charge in [-0.2, -0.15) is 13.2 Å². The van der Waals surface area contributed by atoms with Crippen LogP contribution in [0.5, 0.6) is 0 Å². The second kappa shape index (κ2) is 12.1. The molecular weight excluding hydrogens is 509 g/mol. The zero-order chi connectivity index (χ0) is 28.0. The highest BCUT2D eigenvalue weighted by Crippen LogP contribution is 2.33. The number of alkyl halides is 3. The lowest BCUT2D eigenvalue weighted by molar-refractivity contribution is -0.138. The van der Waals surface area contributed by atoms with Crippen LogP contribution in [0.4, 0.5) is 30.5 Å². The molecule has 1 aromatic carbocycles. The largest absolute Gasteiger partial charge is 0.416 e. The molecule has 39 heavy (non-hydrogen) atoms. The molecule has 0 saturated carbocycles. The van der Waals surface area contributed by atoms with Crippen molar-refractivity contribution < 1.29 is 18.0 Å². The highest BCUT2D eigenvalue weighted by Gasteiger charge is 2.34. The zero-order valence-corrected chi connectivity index (χ0v) is 21.3. The van der Waals surface area contributed by atoms with E-state index in [1.54, 1.807) is 12.1 Å². The van der Waals surface area contributed by atoms with Crippen molar-refractivity contribution in [2.75, 3.05) is 49.2 Å². The van der Waals surface area contributed by atoms with E-state index >= 15 is 0 Å². The molecule has 3 aromatic rings. The predicted molar refractivity (Wildman–Crippen MR) is 143 cm³/mol. The molecule has 9 nitrogen and oxygen atoms in total. The predicted octanol–water partition coefficient (Wildman–Crippen LogP) is 3.15. The van der Waals surface area contributed by atoms with Crippen LogP contribution in [0.25, 0.3) is 0 Å². The first-order valence-electron chi connectivity index (χ1n) is 12.3. The zero-order valence-electron chi connectivity index (χ0n) is 21.3. The van der Waals surface area contributed by atoms with Crippen molar-refractivity contribution in [3.8, 4) is 11.8 Å². The number of halogens is 3. The van der Waals surface area contributed by atoms with Crippen LogP contribution in [0.1, 0.15) is 39.5 Å². The molecule has 0 bridgehead atoms. The van der Waals surface area contributed by atoms with Gasteiger partial charge in [-0.3, -0.25) is 9.69 Å². The van der Waals surface area contributed by atoms with Crippen molar-refractivity contribution in [1.82, 2.24) is 19.8 Å². The number of hydrogen-bond acceptors (Lipinski definition) is 8. The molecule has 1 saturated heterocycles. The monoisotopic (exact) mass is 538 g/mol. The molecule has 6 N–H and O–H groups in total. The van der Waals surface area contributed by atoms with Gasteiger partial charge in [0, 0.05) is 61.8 Å². The minimum absolute atomic E-state index is 0.115. The van der Waals surface area contributed by atoms with E-state index in [2.05, 4.69) is 44.4 Å². The number of carbonyl (C=O) groups excluding carboxylic acids is 1. The van der Waals surface area contributed by atoms with E-state index in [4.69, 9.17) is 11.6 Å². The summed E-state index contributed by atoms with van der Waals surface area (Å²) in [6.07, 6.45) is -1.66. The first-order chi connectivity index (χ1) is 18.7. The number of carbonyl (C=O) groups is 1. The summed E-state index contributed by atoms with van der Waals surface area (Å²) < 4.78 is 41.8. The smallest absolute Gasteiger partial charge is 0.396 e. The van der Waals surface area contributed by atoms with Crippen molar-refractivity contribution in [2.24, 2.45) is 5.84 Å². The molecule has 0 aliphatic carbocycles. The first kappa shape index (κ1) is 27.8. The number of hydrazine groups is 1. The molecule has 4 rings (SSSR count). The third kappa shape index (κ3) is 7.23. The number of nitrogen functional groups attached to an aromatic ring is 2. The third-order valence-corrected chi connectivity index (χ3v) is 6.39. The number of piperazine rings is 1. The second-order valence-electron chi connectivity index (χ2n) is 9.02. The van der Waals surface area contributed by atoms with Crippen LogP contribution in [0, 0.1) is 11.8 Å². The second-order valence-corrected chi connectivity index (χ2v) is 9.02. The maximum Gasteiger partial charge on any atom is 0.416 e. The number of nitrogens with two attached hydrogens (primary N) is 2.